The molecule has 5 nitrogen and oxygen atoms in total. The summed E-state index contributed by atoms with van der Waals surface area (Å²) in [4.78, 5) is 16.8. The molecule has 1 aromatic rings. The lowest BCUT2D eigenvalue weighted by atomic mass is 10.1. The van der Waals surface area contributed by atoms with Crippen molar-refractivity contribution in [3.8, 4) is 6.07 Å². The van der Waals surface area contributed by atoms with Gasteiger partial charge in [-0.2, -0.15) is 5.26 Å². The number of nitrogens with zero attached hydrogens (tertiary/aromatic N) is 3. The molecular formula is C16H19N3O2. The Balaban J connectivity index is 1.50. The van der Waals surface area contributed by atoms with Gasteiger partial charge in [0, 0.05) is 31.6 Å². The van der Waals surface area contributed by atoms with E-state index in [0.29, 0.717) is 30.6 Å². The maximum Gasteiger partial charge on any atom is 0.257 e. The number of rotatable bonds is 3. The number of amides is 1. The molecule has 0 radical (unpaired) electrons. The van der Waals surface area contributed by atoms with Crippen LogP contribution in [0.5, 0.6) is 0 Å². The van der Waals surface area contributed by atoms with Gasteiger partial charge in [0.2, 0.25) is 0 Å². The fourth-order valence-corrected chi connectivity index (χ4v) is 3.27. The molecule has 1 amide bonds. The van der Waals surface area contributed by atoms with E-state index in [0.717, 1.165) is 25.1 Å². The van der Waals surface area contributed by atoms with Gasteiger partial charge in [0.1, 0.15) is 11.8 Å². The molecule has 2 aliphatic carbocycles. The zero-order valence-corrected chi connectivity index (χ0v) is 12.0. The number of nitriles is 1. The minimum absolute atomic E-state index is 0.0290. The summed E-state index contributed by atoms with van der Waals surface area (Å²) in [5.74, 6) is 1.30. The molecule has 1 aromatic heterocycles. The first-order valence-corrected chi connectivity index (χ1v) is 7.80. The van der Waals surface area contributed by atoms with Crippen LogP contribution in [0.4, 0.5) is 0 Å². The predicted octanol–water partition coefficient (Wildman–Crippen LogP) is 1.97. The van der Waals surface area contributed by atoms with Crippen molar-refractivity contribution >= 4 is 5.91 Å². The highest BCUT2D eigenvalue weighted by atomic mass is 16.3. The monoisotopic (exact) mass is 285 g/mol. The van der Waals surface area contributed by atoms with Gasteiger partial charge in [0.25, 0.3) is 5.91 Å². The summed E-state index contributed by atoms with van der Waals surface area (Å²) >= 11 is 0. The summed E-state index contributed by atoms with van der Waals surface area (Å²) in [5.41, 5.74) is 0.703. The van der Waals surface area contributed by atoms with E-state index in [1.807, 2.05) is 4.90 Å². The first-order chi connectivity index (χ1) is 10.3. The Kier molecular flexibility index (Phi) is 3.00. The Bertz CT molecular complexity index is 595. The van der Waals surface area contributed by atoms with E-state index in [1.165, 1.54) is 12.8 Å². The molecule has 0 aromatic carbocycles. The molecule has 21 heavy (non-hydrogen) atoms. The van der Waals surface area contributed by atoms with E-state index in [-0.39, 0.29) is 11.9 Å². The summed E-state index contributed by atoms with van der Waals surface area (Å²) < 4.78 is 5.50. The van der Waals surface area contributed by atoms with Crippen molar-refractivity contribution in [3.05, 3.63) is 23.7 Å². The van der Waals surface area contributed by atoms with E-state index in [2.05, 4.69) is 11.0 Å². The molecule has 1 aliphatic heterocycles. The number of hydrogen-bond donors (Lipinski definition) is 0. The number of furan rings is 1. The van der Waals surface area contributed by atoms with Crippen molar-refractivity contribution in [2.75, 3.05) is 19.6 Å². The summed E-state index contributed by atoms with van der Waals surface area (Å²) in [6.07, 6.45) is 6.23. The Morgan fingerprint density at radius 3 is 2.76 bits per heavy atom. The van der Waals surface area contributed by atoms with Crippen LogP contribution in [0.25, 0.3) is 0 Å². The van der Waals surface area contributed by atoms with Crippen molar-refractivity contribution in [1.29, 1.82) is 5.26 Å². The van der Waals surface area contributed by atoms with Gasteiger partial charge in [-0.15, -0.1) is 0 Å². The van der Waals surface area contributed by atoms with Crippen LogP contribution in [-0.2, 0) is 0 Å². The number of carbonyl (C=O) groups is 1. The summed E-state index contributed by atoms with van der Waals surface area (Å²) in [6.45, 7) is 2.04. The first kappa shape index (κ1) is 12.9. The molecule has 1 atom stereocenters. The highest BCUT2D eigenvalue weighted by Gasteiger charge is 2.40. The van der Waals surface area contributed by atoms with Gasteiger partial charge in [-0.3, -0.25) is 9.69 Å². The Morgan fingerprint density at radius 2 is 2.10 bits per heavy atom. The molecule has 1 unspecified atom stereocenters. The van der Waals surface area contributed by atoms with Crippen LogP contribution >= 0.6 is 0 Å². The number of piperazine rings is 1. The number of hydrogen-bond acceptors (Lipinski definition) is 4. The third kappa shape index (κ3) is 2.34. The van der Waals surface area contributed by atoms with E-state index >= 15 is 0 Å². The van der Waals surface area contributed by atoms with E-state index in [1.54, 1.807) is 12.3 Å². The van der Waals surface area contributed by atoms with Gasteiger partial charge < -0.3 is 9.32 Å². The van der Waals surface area contributed by atoms with Gasteiger partial charge >= 0.3 is 0 Å². The van der Waals surface area contributed by atoms with Gasteiger partial charge in [-0.05, 0) is 31.7 Å². The van der Waals surface area contributed by atoms with Crippen molar-refractivity contribution in [2.45, 2.75) is 43.7 Å². The summed E-state index contributed by atoms with van der Waals surface area (Å²) in [5, 5.41) is 9.37. The van der Waals surface area contributed by atoms with Crippen LogP contribution in [0.15, 0.2) is 16.7 Å². The maximum atomic E-state index is 12.7. The second kappa shape index (κ2) is 4.88. The molecule has 2 saturated carbocycles. The van der Waals surface area contributed by atoms with E-state index < -0.39 is 0 Å². The number of carbonyl (C=O) groups excluding carboxylic acids is 1. The van der Waals surface area contributed by atoms with Crippen molar-refractivity contribution < 1.29 is 9.21 Å². The molecule has 0 N–H and O–H groups in total. The van der Waals surface area contributed by atoms with Crippen LogP contribution < -0.4 is 0 Å². The van der Waals surface area contributed by atoms with Crippen LogP contribution in [0.1, 0.15) is 47.7 Å². The van der Waals surface area contributed by atoms with E-state index in [4.69, 9.17) is 4.42 Å². The van der Waals surface area contributed by atoms with Crippen LogP contribution in [-0.4, -0.2) is 47.4 Å². The standard InChI is InChI=1S/C16H19N3O2/c17-9-13-10-18(6-7-19(13)12-3-4-12)16(20)14-5-8-21-15(14)11-1-2-11/h5,8,11-13H,1-4,6-7,10H2. The Labute approximate surface area is 124 Å². The fraction of sp³-hybridized carbons (Fsp3) is 0.625. The molecule has 5 heteroatoms. The topological polar surface area (TPSA) is 60.5 Å². The molecule has 3 aliphatic rings. The fourth-order valence-electron chi connectivity index (χ4n) is 3.27. The van der Waals surface area contributed by atoms with E-state index in [9.17, 15) is 10.1 Å². The maximum absolute atomic E-state index is 12.7. The summed E-state index contributed by atoms with van der Waals surface area (Å²) in [7, 11) is 0. The average Bonchev–Trinajstić information content (AvgIpc) is 3.44. The van der Waals surface area contributed by atoms with Gasteiger partial charge in [0.05, 0.1) is 17.9 Å². The van der Waals surface area contributed by atoms with Gasteiger partial charge in [0.15, 0.2) is 0 Å². The first-order valence-electron chi connectivity index (χ1n) is 7.80. The summed E-state index contributed by atoms with van der Waals surface area (Å²) in [6, 6.07) is 4.56. The Hall–Kier alpha value is -1.80. The highest BCUT2D eigenvalue weighted by molar-refractivity contribution is 5.95. The second-order valence-corrected chi connectivity index (χ2v) is 6.34. The quantitative estimate of drug-likeness (QED) is 0.852. The molecule has 0 spiro atoms. The zero-order valence-electron chi connectivity index (χ0n) is 12.0. The minimum Gasteiger partial charge on any atom is -0.468 e. The lowest BCUT2D eigenvalue weighted by Gasteiger charge is -2.38. The third-order valence-corrected chi connectivity index (χ3v) is 4.75. The van der Waals surface area contributed by atoms with Crippen molar-refractivity contribution in [3.63, 3.8) is 0 Å². The van der Waals surface area contributed by atoms with Gasteiger partial charge in [-0.25, -0.2) is 0 Å². The molecular weight excluding hydrogens is 266 g/mol. The van der Waals surface area contributed by atoms with Crippen LogP contribution in [0.3, 0.4) is 0 Å². The van der Waals surface area contributed by atoms with Crippen molar-refractivity contribution in [2.24, 2.45) is 0 Å². The smallest absolute Gasteiger partial charge is 0.257 e. The lowest BCUT2D eigenvalue weighted by Crippen LogP contribution is -2.54. The van der Waals surface area contributed by atoms with Crippen LogP contribution in [0, 0.1) is 11.3 Å². The van der Waals surface area contributed by atoms with Gasteiger partial charge in [-0.1, -0.05) is 0 Å². The van der Waals surface area contributed by atoms with Crippen molar-refractivity contribution in [1.82, 2.24) is 9.80 Å². The second-order valence-electron chi connectivity index (χ2n) is 6.34. The average molecular weight is 285 g/mol. The normalized spacial score (nSPS) is 26.6. The lowest BCUT2D eigenvalue weighted by molar-refractivity contribution is 0.0548. The molecule has 2 heterocycles. The molecule has 0 bridgehead atoms. The minimum atomic E-state index is -0.161. The zero-order chi connectivity index (χ0) is 14.4. The predicted molar refractivity (Wildman–Crippen MR) is 75.7 cm³/mol. The third-order valence-electron chi connectivity index (χ3n) is 4.75. The van der Waals surface area contributed by atoms with Crippen LogP contribution in [0.2, 0.25) is 0 Å². The SMILES string of the molecule is N#CC1CN(C(=O)c2ccoc2C2CC2)CCN1C1CC1. The highest BCUT2D eigenvalue weighted by Crippen LogP contribution is 2.42. The molecule has 1 saturated heterocycles. The molecule has 4 rings (SSSR count). The largest absolute Gasteiger partial charge is 0.468 e. The molecule has 3 fully saturated rings. The molecule has 110 valence electrons. The Morgan fingerprint density at radius 1 is 1.29 bits per heavy atom.